The number of nitrogens with one attached hydrogen (secondary N) is 1. The Hall–Kier alpha value is -2.82. The van der Waals surface area contributed by atoms with E-state index in [2.05, 4.69) is 10.5 Å². The van der Waals surface area contributed by atoms with E-state index in [4.69, 9.17) is 0 Å². The molecule has 2 aromatic carbocycles. The lowest BCUT2D eigenvalue weighted by Crippen LogP contribution is -2.18. The van der Waals surface area contributed by atoms with E-state index in [9.17, 15) is 15.0 Å². The standard InChI is InChI=1S/C15H14N2O3/c1-2-16-17-15(20)12-7-4-3-6-10(12)11-8-5-9-13(18)14(11)19/h2-9,18-19H,1H3,(H,17,20)/b16-2-. The molecule has 0 spiro atoms. The molecule has 5 nitrogen and oxygen atoms in total. The van der Waals surface area contributed by atoms with Crippen LogP contribution in [0, 0.1) is 0 Å². The predicted octanol–water partition coefficient (Wildman–Crippen LogP) is 2.50. The molecule has 102 valence electrons. The van der Waals surface area contributed by atoms with Gasteiger partial charge in [0.15, 0.2) is 11.5 Å². The lowest BCUT2D eigenvalue weighted by atomic mass is 9.98. The zero-order valence-electron chi connectivity index (χ0n) is 10.9. The molecule has 0 heterocycles. The number of phenolic OH excluding ortho intramolecular Hbond substituents is 2. The van der Waals surface area contributed by atoms with E-state index in [0.717, 1.165) is 0 Å². The number of hydrogen-bond acceptors (Lipinski definition) is 4. The molecule has 0 aromatic heterocycles. The molecule has 2 aromatic rings. The van der Waals surface area contributed by atoms with Gasteiger partial charge in [0.25, 0.3) is 5.91 Å². The fraction of sp³-hybridized carbons (Fsp3) is 0.0667. The van der Waals surface area contributed by atoms with Crippen LogP contribution >= 0.6 is 0 Å². The Kier molecular flexibility index (Phi) is 4.00. The van der Waals surface area contributed by atoms with Crippen molar-refractivity contribution in [2.24, 2.45) is 5.10 Å². The van der Waals surface area contributed by atoms with E-state index < -0.39 is 0 Å². The predicted molar refractivity (Wildman–Crippen MR) is 76.8 cm³/mol. The number of carbonyl (C=O) groups excluding carboxylic acids is 1. The summed E-state index contributed by atoms with van der Waals surface area (Å²) >= 11 is 0. The molecule has 0 fully saturated rings. The van der Waals surface area contributed by atoms with E-state index in [1.165, 1.54) is 12.3 Å². The highest BCUT2D eigenvalue weighted by Gasteiger charge is 2.15. The molecule has 0 saturated carbocycles. The van der Waals surface area contributed by atoms with Crippen LogP contribution in [0.3, 0.4) is 0 Å². The molecule has 0 aliphatic heterocycles. The average Bonchev–Trinajstić information content (AvgIpc) is 2.47. The highest BCUT2D eigenvalue weighted by molar-refractivity contribution is 6.01. The van der Waals surface area contributed by atoms with Crippen molar-refractivity contribution in [3.63, 3.8) is 0 Å². The fourth-order valence-electron chi connectivity index (χ4n) is 1.85. The third-order valence-electron chi connectivity index (χ3n) is 2.77. The molecular formula is C15H14N2O3. The summed E-state index contributed by atoms with van der Waals surface area (Å²) < 4.78 is 0. The Morgan fingerprint density at radius 2 is 1.80 bits per heavy atom. The number of hydrogen-bond donors (Lipinski definition) is 3. The fourth-order valence-corrected chi connectivity index (χ4v) is 1.85. The van der Waals surface area contributed by atoms with Crippen molar-refractivity contribution >= 4 is 12.1 Å². The molecule has 0 radical (unpaired) electrons. The first-order chi connectivity index (χ1) is 9.65. The summed E-state index contributed by atoms with van der Waals surface area (Å²) in [6, 6.07) is 11.4. The lowest BCUT2D eigenvalue weighted by Gasteiger charge is -2.10. The number of carbonyl (C=O) groups is 1. The minimum Gasteiger partial charge on any atom is -0.504 e. The second kappa shape index (κ2) is 5.88. The minimum absolute atomic E-state index is 0.232. The zero-order chi connectivity index (χ0) is 14.5. The Balaban J connectivity index is 2.52. The van der Waals surface area contributed by atoms with Crippen molar-refractivity contribution < 1.29 is 15.0 Å². The first-order valence-corrected chi connectivity index (χ1v) is 6.03. The van der Waals surface area contributed by atoms with E-state index in [1.807, 2.05) is 0 Å². The van der Waals surface area contributed by atoms with Crippen molar-refractivity contribution in [1.29, 1.82) is 0 Å². The van der Waals surface area contributed by atoms with Crippen LogP contribution < -0.4 is 5.43 Å². The van der Waals surface area contributed by atoms with Gasteiger partial charge in [-0.25, -0.2) is 5.43 Å². The number of para-hydroxylation sites is 1. The summed E-state index contributed by atoms with van der Waals surface area (Å²) in [5, 5.41) is 23.2. The highest BCUT2D eigenvalue weighted by Crippen LogP contribution is 2.37. The Morgan fingerprint density at radius 3 is 2.55 bits per heavy atom. The maximum absolute atomic E-state index is 12.0. The lowest BCUT2D eigenvalue weighted by molar-refractivity contribution is 0.0955. The number of benzene rings is 2. The van der Waals surface area contributed by atoms with Gasteiger partial charge >= 0.3 is 0 Å². The molecular weight excluding hydrogens is 256 g/mol. The highest BCUT2D eigenvalue weighted by atomic mass is 16.3. The van der Waals surface area contributed by atoms with E-state index >= 15 is 0 Å². The molecule has 2 rings (SSSR count). The number of phenols is 2. The summed E-state index contributed by atoms with van der Waals surface area (Å²) in [5.41, 5.74) is 3.64. The quantitative estimate of drug-likeness (QED) is 0.455. The monoisotopic (exact) mass is 270 g/mol. The van der Waals surface area contributed by atoms with Crippen molar-refractivity contribution in [3.05, 3.63) is 48.0 Å². The summed E-state index contributed by atoms with van der Waals surface area (Å²) in [4.78, 5) is 12.0. The van der Waals surface area contributed by atoms with Crippen LogP contribution in [0.1, 0.15) is 17.3 Å². The summed E-state index contributed by atoms with van der Waals surface area (Å²) in [6.07, 6.45) is 1.46. The Labute approximate surface area is 116 Å². The largest absolute Gasteiger partial charge is 0.504 e. The van der Waals surface area contributed by atoms with Gasteiger partial charge in [0.2, 0.25) is 0 Å². The number of nitrogens with zero attached hydrogens (tertiary/aromatic N) is 1. The molecule has 0 aliphatic rings. The van der Waals surface area contributed by atoms with Crippen molar-refractivity contribution in [3.8, 4) is 22.6 Å². The summed E-state index contributed by atoms with van der Waals surface area (Å²) in [7, 11) is 0. The van der Waals surface area contributed by atoms with Gasteiger partial charge < -0.3 is 10.2 Å². The molecule has 1 amide bonds. The first-order valence-electron chi connectivity index (χ1n) is 6.03. The Bertz CT molecular complexity index is 666. The number of rotatable bonds is 3. The van der Waals surface area contributed by atoms with Gasteiger partial charge in [-0.1, -0.05) is 30.3 Å². The second-order valence-electron chi connectivity index (χ2n) is 4.05. The van der Waals surface area contributed by atoms with Gasteiger partial charge in [-0.05, 0) is 24.6 Å². The van der Waals surface area contributed by atoms with Gasteiger partial charge in [-0.2, -0.15) is 5.10 Å². The van der Waals surface area contributed by atoms with Gasteiger partial charge in [-0.15, -0.1) is 0 Å². The molecule has 0 unspecified atom stereocenters. The first kappa shape index (κ1) is 13.6. The smallest absolute Gasteiger partial charge is 0.271 e. The normalized spacial score (nSPS) is 10.7. The molecule has 0 atom stereocenters. The minimum atomic E-state index is -0.388. The molecule has 0 bridgehead atoms. The van der Waals surface area contributed by atoms with Crippen LogP contribution in [0.15, 0.2) is 47.6 Å². The SMILES string of the molecule is C/C=N\NC(=O)c1ccccc1-c1cccc(O)c1O. The molecule has 0 saturated heterocycles. The zero-order valence-corrected chi connectivity index (χ0v) is 10.9. The van der Waals surface area contributed by atoms with Crippen molar-refractivity contribution in [1.82, 2.24) is 5.43 Å². The van der Waals surface area contributed by atoms with Crippen molar-refractivity contribution in [2.75, 3.05) is 0 Å². The maximum Gasteiger partial charge on any atom is 0.271 e. The number of hydrazone groups is 1. The third kappa shape index (κ3) is 2.61. The topological polar surface area (TPSA) is 81.9 Å². The van der Waals surface area contributed by atoms with Crippen molar-refractivity contribution in [2.45, 2.75) is 6.92 Å². The maximum atomic E-state index is 12.0. The molecule has 0 aliphatic carbocycles. The third-order valence-corrected chi connectivity index (χ3v) is 2.77. The number of aromatic hydroxyl groups is 2. The average molecular weight is 270 g/mol. The second-order valence-corrected chi connectivity index (χ2v) is 4.05. The molecule has 3 N–H and O–H groups in total. The van der Waals surface area contributed by atoms with E-state index in [1.54, 1.807) is 43.3 Å². The van der Waals surface area contributed by atoms with Crippen LogP contribution in [0.2, 0.25) is 0 Å². The molecule has 20 heavy (non-hydrogen) atoms. The van der Waals surface area contributed by atoms with Crippen LogP contribution in [-0.2, 0) is 0 Å². The molecule has 5 heteroatoms. The van der Waals surface area contributed by atoms with Crippen LogP contribution in [0.25, 0.3) is 11.1 Å². The van der Waals surface area contributed by atoms with E-state index in [-0.39, 0.29) is 17.4 Å². The van der Waals surface area contributed by atoms with E-state index in [0.29, 0.717) is 16.7 Å². The van der Waals surface area contributed by atoms with Gasteiger partial charge in [0, 0.05) is 17.3 Å². The summed E-state index contributed by atoms with van der Waals surface area (Å²) in [5.74, 6) is -0.877. The number of amides is 1. The Morgan fingerprint density at radius 1 is 1.10 bits per heavy atom. The summed E-state index contributed by atoms with van der Waals surface area (Å²) in [6.45, 7) is 1.69. The van der Waals surface area contributed by atoms with Gasteiger partial charge in [0.05, 0.1) is 0 Å². The van der Waals surface area contributed by atoms with Crippen LogP contribution in [0.5, 0.6) is 11.5 Å². The van der Waals surface area contributed by atoms with Gasteiger partial charge in [-0.3, -0.25) is 4.79 Å². The van der Waals surface area contributed by atoms with Crippen LogP contribution in [-0.4, -0.2) is 22.3 Å². The van der Waals surface area contributed by atoms with Gasteiger partial charge in [0.1, 0.15) is 0 Å². The van der Waals surface area contributed by atoms with Crippen LogP contribution in [0.4, 0.5) is 0 Å².